The van der Waals surface area contributed by atoms with Gasteiger partial charge in [0, 0.05) is 55.0 Å². The van der Waals surface area contributed by atoms with E-state index in [0.29, 0.717) is 42.0 Å². The number of carbonyl (C=O) groups is 3. The van der Waals surface area contributed by atoms with Crippen molar-refractivity contribution in [3.8, 4) is 0 Å². The highest BCUT2D eigenvalue weighted by Crippen LogP contribution is 2.30. The Morgan fingerprint density at radius 3 is 2.12 bits per heavy atom. The first kappa shape index (κ1) is 29.3. The minimum Gasteiger partial charge on any atom is -0.368 e. The zero-order valence-corrected chi connectivity index (χ0v) is 24.6. The third-order valence-corrected chi connectivity index (χ3v) is 8.28. The number of anilines is 2. The average molecular weight is 568 g/mol. The summed E-state index contributed by atoms with van der Waals surface area (Å²) in [7, 11) is 0. The van der Waals surface area contributed by atoms with Gasteiger partial charge in [0.25, 0.3) is 17.7 Å². The average Bonchev–Trinajstić information content (AvgIpc) is 3.24. The van der Waals surface area contributed by atoms with Crippen molar-refractivity contribution in [2.45, 2.75) is 58.0 Å². The van der Waals surface area contributed by atoms with Crippen molar-refractivity contribution in [3.05, 3.63) is 94.5 Å². The van der Waals surface area contributed by atoms with Gasteiger partial charge in [-0.1, -0.05) is 35.4 Å². The van der Waals surface area contributed by atoms with Gasteiger partial charge in [-0.2, -0.15) is 0 Å². The SMILES string of the molecule is Cc1cccc(C(=O)Nc2cc(C(=O)NC3CCC(N)CC3)ccc2N2CCCN(C(=O)c3cccc(C)c3)CC2)c1. The molecule has 1 heterocycles. The summed E-state index contributed by atoms with van der Waals surface area (Å²) < 4.78 is 0. The number of aryl methyl sites for hydroxylation is 2. The highest BCUT2D eigenvalue weighted by molar-refractivity contribution is 6.07. The van der Waals surface area contributed by atoms with Gasteiger partial charge in [-0.3, -0.25) is 14.4 Å². The Morgan fingerprint density at radius 2 is 1.40 bits per heavy atom. The second-order valence-corrected chi connectivity index (χ2v) is 11.6. The van der Waals surface area contributed by atoms with Crippen LogP contribution in [0, 0.1) is 13.8 Å². The van der Waals surface area contributed by atoms with Gasteiger partial charge in [-0.25, -0.2) is 0 Å². The molecule has 1 aliphatic heterocycles. The number of benzene rings is 3. The zero-order valence-electron chi connectivity index (χ0n) is 24.6. The molecular formula is C34H41N5O3. The number of carbonyl (C=O) groups excluding carboxylic acids is 3. The number of hydrogen-bond acceptors (Lipinski definition) is 5. The Labute approximate surface area is 248 Å². The van der Waals surface area contributed by atoms with Gasteiger partial charge in [0.2, 0.25) is 0 Å². The van der Waals surface area contributed by atoms with E-state index in [1.807, 2.05) is 73.3 Å². The third-order valence-electron chi connectivity index (χ3n) is 8.28. The van der Waals surface area contributed by atoms with Gasteiger partial charge >= 0.3 is 0 Å². The molecule has 1 saturated heterocycles. The van der Waals surface area contributed by atoms with Crippen LogP contribution in [-0.4, -0.2) is 60.9 Å². The first-order valence-electron chi connectivity index (χ1n) is 15.0. The molecule has 1 saturated carbocycles. The van der Waals surface area contributed by atoms with Crippen molar-refractivity contribution in [3.63, 3.8) is 0 Å². The number of nitrogens with zero attached hydrogens (tertiary/aromatic N) is 2. The molecule has 2 aliphatic rings. The third kappa shape index (κ3) is 7.18. The summed E-state index contributed by atoms with van der Waals surface area (Å²) in [5.41, 5.74) is 11.3. The first-order chi connectivity index (χ1) is 20.3. The quantitative estimate of drug-likeness (QED) is 0.393. The predicted molar refractivity (Wildman–Crippen MR) is 167 cm³/mol. The van der Waals surface area contributed by atoms with E-state index in [1.165, 1.54) is 0 Å². The van der Waals surface area contributed by atoms with E-state index >= 15 is 0 Å². The van der Waals surface area contributed by atoms with Crippen molar-refractivity contribution in [1.29, 1.82) is 0 Å². The van der Waals surface area contributed by atoms with E-state index in [2.05, 4.69) is 15.5 Å². The van der Waals surface area contributed by atoms with E-state index in [1.54, 1.807) is 12.1 Å². The van der Waals surface area contributed by atoms with E-state index < -0.39 is 0 Å². The second-order valence-electron chi connectivity index (χ2n) is 11.6. The molecule has 2 fully saturated rings. The fourth-order valence-corrected chi connectivity index (χ4v) is 5.89. The molecule has 1 aliphatic carbocycles. The van der Waals surface area contributed by atoms with Crippen LogP contribution < -0.4 is 21.3 Å². The fourth-order valence-electron chi connectivity index (χ4n) is 5.89. The van der Waals surface area contributed by atoms with Crippen molar-refractivity contribution < 1.29 is 14.4 Å². The van der Waals surface area contributed by atoms with Gasteiger partial charge in [0.15, 0.2) is 0 Å². The maximum atomic E-state index is 13.3. The molecule has 42 heavy (non-hydrogen) atoms. The topological polar surface area (TPSA) is 108 Å². The van der Waals surface area contributed by atoms with Crippen molar-refractivity contribution in [1.82, 2.24) is 10.2 Å². The van der Waals surface area contributed by atoms with Crippen LogP contribution in [0.1, 0.15) is 74.3 Å². The van der Waals surface area contributed by atoms with Crippen molar-refractivity contribution >= 4 is 29.1 Å². The van der Waals surface area contributed by atoms with Crippen LogP contribution >= 0.6 is 0 Å². The molecule has 0 radical (unpaired) electrons. The molecule has 8 heteroatoms. The van der Waals surface area contributed by atoms with E-state index in [-0.39, 0.29) is 29.8 Å². The lowest BCUT2D eigenvalue weighted by molar-refractivity contribution is 0.0766. The lowest BCUT2D eigenvalue weighted by atomic mass is 9.91. The molecule has 3 aromatic rings. The maximum absolute atomic E-state index is 13.3. The van der Waals surface area contributed by atoms with Gasteiger partial charge in [0.05, 0.1) is 11.4 Å². The fraction of sp³-hybridized carbons (Fsp3) is 0.382. The Bertz CT molecular complexity index is 1450. The molecule has 0 bridgehead atoms. The Kier molecular flexibility index (Phi) is 9.22. The highest BCUT2D eigenvalue weighted by atomic mass is 16.2. The van der Waals surface area contributed by atoms with Crippen LogP contribution in [0.15, 0.2) is 66.7 Å². The molecule has 0 atom stereocenters. The second kappa shape index (κ2) is 13.2. The van der Waals surface area contributed by atoms with Gasteiger partial charge < -0.3 is 26.2 Å². The molecule has 3 amide bonds. The lowest BCUT2D eigenvalue weighted by Crippen LogP contribution is -2.40. The highest BCUT2D eigenvalue weighted by Gasteiger charge is 2.25. The number of hydrogen-bond donors (Lipinski definition) is 3. The van der Waals surface area contributed by atoms with Crippen LogP contribution in [0.4, 0.5) is 11.4 Å². The smallest absolute Gasteiger partial charge is 0.255 e. The van der Waals surface area contributed by atoms with Crippen molar-refractivity contribution in [2.24, 2.45) is 5.73 Å². The largest absolute Gasteiger partial charge is 0.368 e. The molecule has 5 rings (SSSR count). The van der Waals surface area contributed by atoms with Crippen LogP contribution in [0.3, 0.4) is 0 Å². The molecule has 3 aromatic carbocycles. The van der Waals surface area contributed by atoms with Crippen LogP contribution in [0.5, 0.6) is 0 Å². The van der Waals surface area contributed by atoms with Crippen LogP contribution in [0.25, 0.3) is 0 Å². The van der Waals surface area contributed by atoms with Gasteiger partial charge in [-0.15, -0.1) is 0 Å². The molecular weight excluding hydrogens is 526 g/mol. The summed E-state index contributed by atoms with van der Waals surface area (Å²) in [6, 6.07) is 20.9. The monoisotopic (exact) mass is 567 g/mol. The summed E-state index contributed by atoms with van der Waals surface area (Å²) in [5, 5.41) is 6.24. The lowest BCUT2D eigenvalue weighted by Gasteiger charge is -2.28. The molecule has 0 spiro atoms. The number of rotatable bonds is 6. The summed E-state index contributed by atoms with van der Waals surface area (Å²) in [6.45, 7) is 6.48. The maximum Gasteiger partial charge on any atom is 0.255 e. The minimum absolute atomic E-state index is 0.0317. The van der Waals surface area contributed by atoms with Gasteiger partial charge in [-0.05, 0) is 88.4 Å². The Hall–Kier alpha value is -4.17. The number of nitrogens with two attached hydrogens (primary N) is 1. The molecule has 0 unspecified atom stereocenters. The summed E-state index contributed by atoms with van der Waals surface area (Å²) in [4.78, 5) is 43.9. The predicted octanol–water partition coefficient (Wildman–Crippen LogP) is 4.91. The van der Waals surface area contributed by atoms with Gasteiger partial charge in [0.1, 0.15) is 0 Å². The summed E-state index contributed by atoms with van der Waals surface area (Å²) in [6.07, 6.45) is 4.33. The molecule has 8 nitrogen and oxygen atoms in total. The van der Waals surface area contributed by atoms with Crippen LogP contribution in [0.2, 0.25) is 0 Å². The van der Waals surface area contributed by atoms with E-state index in [4.69, 9.17) is 5.73 Å². The van der Waals surface area contributed by atoms with Crippen LogP contribution in [-0.2, 0) is 0 Å². The normalized spacial score (nSPS) is 19.1. The minimum atomic E-state index is -0.232. The Balaban J connectivity index is 1.36. The Morgan fingerprint density at radius 1 is 0.738 bits per heavy atom. The van der Waals surface area contributed by atoms with E-state index in [9.17, 15) is 14.4 Å². The molecule has 0 aromatic heterocycles. The van der Waals surface area contributed by atoms with E-state index in [0.717, 1.165) is 55.5 Å². The van der Waals surface area contributed by atoms with Crippen molar-refractivity contribution in [2.75, 3.05) is 36.4 Å². The summed E-state index contributed by atoms with van der Waals surface area (Å²) in [5.74, 6) is -0.354. The number of nitrogens with one attached hydrogen (secondary N) is 2. The first-order valence-corrected chi connectivity index (χ1v) is 15.0. The standard InChI is InChI=1S/C34H41N5O3/c1-23-6-3-8-25(20-23)33(41)37-30-22-26(32(40)36-29-13-11-28(35)12-14-29)10-15-31(30)38-16-5-17-39(19-18-38)34(42)27-9-4-7-24(2)21-27/h3-4,6-10,15,20-22,28-29H,5,11-14,16-19,35H2,1-2H3,(H,36,40)(H,37,41). The molecule has 220 valence electrons. The summed E-state index contributed by atoms with van der Waals surface area (Å²) >= 11 is 0. The zero-order chi connectivity index (χ0) is 29.6. The molecule has 4 N–H and O–H groups in total. The number of amides is 3.